The maximum absolute atomic E-state index is 13.7. The molecule has 5 rings (SSSR count). The minimum absolute atomic E-state index is 0.0602. The van der Waals surface area contributed by atoms with Crippen LogP contribution in [0.25, 0.3) is 0 Å². The summed E-state index contributed by atoms with van der Waals surface area (Å²) in [6.45, 7) is 5.08. The van der Waals surface area contributed by atoms with E-state index < -0.39 is 0 Å². The van der Waals surface area contributed by atoms with Gasteiger partial charge in [-0.05, 0) is 61.4 Å². The predicted octanol–water partition coefficient (Wildman–Crippen LogP) is 4.57. The second-order valence-electron chi connectivity index (χ2n) is 9.25. The fourth-order valence-electron chi connectivity index (χ4n) is 5.27. The third-order valence-corrected chi connectivity index (χ3v) is 7.16. The van der Waals surface area contributed by atoms with E-state index in [-0.39, 0.29) is 23.8 Å². The molecule has 0 aliphatic carbocycles. The molecule has 6 nitrogen and oxygen atoms in total. The lowest BCUT2D eigenvalue weighted by atomic mass is 9.84. The Balaban J connectivity index is 1.35. The van der Waals surface area contributed by atoms with Crippen LogP contribution in [0.5, 0.6) is 5.75 Å². The highest BCUT2D eigenvalue weighted by Gasteiger charge is 2.39. The molecule has 0 bridgehead atoms. The maximum atomic E-state index is 13.7. The molecule has 6 heteroatoms. The molecule has 2 atom stereocenters. The number of nitrogens with zero attached hydrogens (tertiary/aromatic N) is 3. The van der Waals surface area contributed by atoms with E-state index in [4.69, 9.17) is 4.74 Å². The Labute approximate surface area is 206 Å². The van der Waals surface area contributed by atoms with Crippen molar-refractivity contribution in [2.45, 2.75) is 25.3 Å². The lowest BCUT2D eigenvalue weighted by Crippen LogP contribution is -2.52. The van der Waals surface area contributed by atoms with Crippen molar-refractivity contribution >= 4 is 23.2 Å². The van der Waals surface area contributed by atoms with Crippen molar-refractivity contribution in [1.82, 2.24) is 4.90 Å². The van der Waals surface area contributed by atoms with E-state index in [9.17, 15) is 9.59 Å². The monoisotopic (exact) mass is 469 g/mol. The molecular weight excluding hydrogens is 438 g/mol. The van der Waals surface area contributed by atoms with Crippen molar-refractivity contribution in [2.24, 2.45) is 0 Å². The number of carbonyl (C=O) groups excluding carboxylic acids is 2. The molecule has 2 unspecified atom stereocenters. The molecule has 0 saturated carbocycles. The van der Waals surface area contributed by atoms with E-state index >= 15 is 0 Å². The van der Waals surface area contributed by atoms with Gasteiger partial charge in [-0.15, -0.1) is 0 Å². The van der Waals surface area contributed by atoms with E-state index in [1.165, 1.54) is 5.69 Å². The number of amides is 2. The third-order valence-electron chi connectivity index (χ3n) is 7.16. The van der Waals surface area contributed by atoms with Crippen molar-refractivity contribution in [3.8, 4) is 5.75 Å². The van der Waals surface area contributed by atoms with Gasteiger partial charge in [0.15, 0.2) is 0 Å². The Kier molecular flexibility index (Phi) is 6.45. The first-order valence-corrected chi connectivity index (χ1v) is 12.2. The maximum Gasteiger partial charge on any atom is 0.258 e. The van der Waals surface area contributed by atoms with Crippen LogP contribution in [0.3, 0.4) is 0 Å². The van der Waals surface area contributed by atoms with Gasteiger partial charge in [0.1, 0.15) is 5.75 Å². The van der Waals surface area contributed by atoms with E-state index in [1.807, 2.05) is 59.2 Å². The second-order valence-corrected chi connectivity index (χ2v) is 9.25. The molecule has 3 aromatic carbocycles. The number of anilines is 2. The number of benzene rings is 3. The van der Waals surface area contributed by atoms with Gasteiger partial charge in [-0.25, -0.2) is 0 Å². The number of ether oxygens (including phenoxy) is 1. The minimum Gasteiger partial charge on any atom is -0.497 e. The number of methoxy groups -OCH3 is 1. The van der Waals surface area contributed by atoms with Gasteiger partial charge >= 0.3 is 0 Å². The molecule has 0 N–H and O–H groups in total. The summed E-state index contributed by atoms with van der Waals surface area (Å²) in [4.78, 5) is 33.4. The van der Waals surface area contributed by atoms with Crippen molar-refractivity contribution in [3.05, 3.63) is 90.0 Å². The zero-order valence-electron chi connectivity index (χ0n) is 20.3. The van der Waals surface area contributed by atoms with Gasteiger partial charge in [0.05, 0.1) is 13.0 Å². The van der Waals surface area contributed by atoms with Crippen LogP contribution in [0, 0.1) is 0 Å². The number of rotatable bonds is 4. The van der Waals surface area contributed by atoms with Crippen LogP contribution in [0.1, 0.15) is 35.2 Å². The van der Waals surface area contributed by atoms with Gasteiger partial charge in [-0.2, -0.15) is 0 Å². The summed E-state index contributed by atoms with van der Waals surface area (Å²) in [7, 11) is 1.61. The molecule has 2 amide bonds. The minimum atomic E-state index is -0.246. The fraction of sp³-hybridized carbons (Fsp3) is 0.310. The molecule has 0 radical (unpaired) electrons. The quantitative estimate of drug-likeness (QED) is 0.562. The number of fused-ring (bicyclic) bond motifs is 1. The first-order chi connectivity index (χ1) is 17.1. The molecule has 35 heavy (non-hydrogen) atoms. The molecule has 3 aromatic rings. The van der Waals surface area contributed by atoms with Crippen molar-refractivity contribution in [3.63, 3.8) is 0 Å². The molecule has 0 aromatic heterocycles. The lowest BCUT2D eigenvalue weighted by molar-refractivity contribution is -0.133. The van der Waals surface area contributed by atoms with Gasteiger partial charge < -0.3 is 19.4 Å². The molecule has 180 valence electrons. The molecule has 2 aliphatic heterocycles. The zero-order chi connectivity index (χ0) is 24.4. The summed E-state index contributed by atoms with van der Waals surface area (Å²) in [6, 6.07) is 25.3. The molecule has 0 spiro atoms. The topological polar surface area (TPSA) is 53.1 Å². The molecule has 2 heterocycles. The number of carbonyl (C=O) groups is 2. The normalized spacial score (nSPS) is 19.8. The molecule has 1 fully saturated rings. The first kappa shape index (κ1) is 23.0. The SMILES string of the molecule is COc1ccc(C(=O)N2c3ccccc3C(C(=O)N3CCN(c4ccccc4)CC3)CC2C)cc1. The smallest absolute Gasteiger partial charge is 0.258 e. The Hall–Kier alpha value is -3.80. The van der Waals surface area contributed by atoms with Crippen molar-refractivity contribution in [1.29, 1.82) is 0 Å². The zero-order valence-corrected chi connectivity index (χ0v) is 20.3. The molecular formula is C29H31N3O3. The van der Waals surface area contributed by atoms with Crippen molar-refractivity contribution < 1.29 is 14.3 Å². The van der Waals surface area contributed by atoms with Crippen LogP contribution < -0.4 is 14.5 Å². The summed E-state index contributed by atoms with van der Waals surface area (Å²) in [5, 5.41) is 0. The van der Waals surface area contributed by atoms with E-state index in [0.717, 1.165) is 24.3 Å². The summed E-state index contributed by atoms with van der Waals surface area (Å²) in [5.74, 6) is 0.569. The highest BCUT2D eigenvalue weighted by Crippen LogP contribution is 2.40. The van der Waals surface area contributed by atoms with Crippen LogP contribution >= 0.6 is 0 Å². The summed E-state index contributed by atoms with van der Waals surface area (Å²) >= 11 is 0. The van der Waals surface area contributed by atoms with Crippen LogP contribution in [0.2, 0.25) is 0 Å². The molecule has 1 saturated heterocycles. The van der Waals surface area contributed by atoms with E-state index in [2.05, 4.69) is 17.0 Å². The van der Waals surface area contributed by atoms with Crippen LogP contribution in [0.4, 0.5) is 11.4 Å². The van der Waals surface area contributed by atoms with E-state index in [0.29, 0.717) is 30.8 Å². The average molecular weight is 470 g/mol. The third kappa shape index (κ3) is 4.48. The fourth-order valence-corrected chi connectivity index (χ4v) is 5.27. The lowest BCUT2D eigenvalue weighted by Gasteiger charge is -2.42. The Bertz CT molecular complexity index is 1190. The van der Waals surface area contributed by atoms with Crippen LogP contribution in [-0.4, -0.2) is 56.0 Å². The highest BCUT2D eigenvalue weighted by molar-refractivity contribution is 6.08. The Morgan fingerprint density at radius 2 is 1.49 bits per heavy atom. The van der Waals surface area contributed by atoms with Gasteiger partial charge in [0.2, 0.25) is 5.91 Å². The summed E-state index contributed by atoms with van der Waals surface area (Å²) < 4.78 is 5.23. The standard InChI is InChI=1S/C29H31N3O3/c1-21-20-26(29(34)31-18-16-30(17-19-31)23-8-4-3-5-9-23)25-10-6-7-11-27(25)32(21)28(33)22-12-14-24(35-2)15-13-22/h3-15,21,26H,16-20H2,1-2H3. The number of hydrogen-bond acceptors (Lipinski definition) is 4. The van der Waals surface area contributed by atoms with Gasteiger partial charge in [0, 0.05) is 49.2 Å². The van der Waals surface area contributed by atoms with Gasteiger partial charge in [0.25, 0.3) is 5.91 Å². The first-order valence-electron chi connectivity index (χ1n) is 12.2. The van der Waals surface area contributed by atoms with Gasteiger partial charge in [-0.3, -0.25) is 9.59 Å². The Morgan fingerprint density at radius 1 is 0.829 bits per heavy atom. The van der Waals surface area contributed by atoms with Gasteiger partial charge in [-0.1, -0.05) is 36.4 Å². The number of piperazine rings is 1. The summed E-state index contributed by atoms with van der Waals surface area (Å²) in [5.41, 5.74) is 3.56. The number of para-hydroxylation sites is 2. The molecule has 2 aliphatic rings. The highest BCUT2D eigenvalue weighted by atomic mass is 16.5. The van der Waals surface area contributed by atoms with Crippen LogP contribution in [-0.2, 0) is 4.79 Å². The van der Waals surface area contributed by atoms with E-state index in [1.54, 1.807) is 31.4 Å². The largest absolute Gasteiger partial charge is 0.497 e. The number of hydrogen-bond donors (Lipinski definition) is 0. The van der Waals surface area contributed by atoms with Crippen LogP contribution in [0.15, 0.2) is 78.9 Å². The average Bonchev–Trinajstić information content (AvgIpc) is 2.92. The summed E-state index contributed by atoms with van der Waals surface area (Å²) in [6.07, 6.45) is 0.608. The van der Waals surface area contributed by atoms with Crippen molar-refractivity contribution in [2.75, 3.05) is 43.1 Å². The Morgan fingerprint density at radius 3 is 2.17 bits per heavy atom. The predicted molar refractivity (Wildman–Crippen MR) is 138 cm³/mol. The second kappa shape index (κ2) is 9.82.